The first-order valence-corrected chi connectivity index (χ1v) is 11.9. The van der Waals surface area contributed by atoms with Crippen molar-refractivity contribution in [2.24, 2.45) is 23.7 Å². The van der Waals surface area contributed by atoms with Gasteiger partial charge in [-0.3, -0.25) is 0 Å². The van der Waals surface area contributed by atoms with E-state index in [2.05, 4.69) is 19.9 Å². The molecule has 0 nitrogen and oxygen atoms in total. The lowest BCUT2D eigenvalue weighted by Gasteiger charge is -2.37. The van der Waals surface area contributed by atoms with Gasteiger partial charge in [-0.15, -0.1) is 0 Å². The van der Waals surface area contributed by atoms with E-state index in [4.69, 9.17) is 0 Å². The average Bonchev–Trinajstić information content (AvgIpc) is 2.74. The van der Waals surface area contributed by atoms with Gasteiger partial charge in [0.25, 0.3) is 0 Å². The van der Waals surface area contributed by atoms with E-state index in [1.807, 2.05) is 30.3 Å². The Balaban J connectivity index is 1.26. The summed E-state index contributed by atoms with van der Waals surface area (Å²) in [6, 6.07) is 14.0. The zero-order chi connectivity index (χ0) is 20.2. The molecule has 2 aromatic rings. The molecular formula is C28H37F. The fourth-order valence-corrected chi connectivity index (χ4v) is 5.76. The van der Waals surface area contributed by atoms with E-state index in [0.717, 1.165) is 46.8 Å². The molecule has 0 aliphatic heterocycles. The van der Waals surface area contributed by atoms with E-state index in [1.54, 1.807) is 6.07 Å². The zero-order valence-electron chi connectivity index (χ0n) is 18.3. The molecule has 2 aliphatic rings. The van der Waals surface area contributed by atoms with Gasteiger partial charge < -0.3 is 0 Å². The maximum absolute atomic E-state index is 14.7. The van der Waals surface area contributed by atoms with E-state index in [1.165, 1.54) is 63.4 Å². The van der Waals surface area contributed by atoms with Gasteiger partial charge in [-0.05, 0) is 86.3 Å². The molecule has 0 unspecified atom stereocenters. The number of rotatable bonds is 5. The van der Waals surface area contributed by atoms with Crippen molar-refractivity contribution in [3.8, 4) is 11.1 Å². The van der Waals surface area contributed by atoms with Crippen molar-refractivity contribution in [3.63, 3.8) is 0 Å². The SMILES string of the molecule is Cc1ccc(-c2ccc(CCC3CCC(C4CCC(C)CC4)CC3)cc2F)cc1. The Morgan fingerprint density at radius 2 is 1.41 bits per heavy atom. The van der Waals surface area contributed by atoms with Crippen LogP contribution < -0.4 is 0 Å². The van der Waals surface area contributed by atoms with Crippen molar-refractivity contribution in [2.45, 2.75) is 78.1 Å². The smallest absolute Gasteiger partial charge is 0.131 e. The minimum atomic E-state index is -0.0819. The predicted molar refractivity (Wildman–Crippen MR) is 121 cm³/mol. The summed E-state index contributed by atoms with van der Waals surface area (Å²) in [5.74, 6) is 3.72. The molecule has 0 N–H and O–H groups in total. The highest BCUT2D eigenvalue weighted by Gasteiger charge is 2.29. The van der Waals surface area contributed by atoms with Gasteiger partial charge in [0.05, 0.1) is 0 Å². The van der Waals surface area contributed by atoms with Crippen LogP contribution in [0.2, 0.25) is 0 Å². The van der Waals surface area contributed by atoms with Gasteiger partial charge in [0.15, 0.2) is 0 Å². The lowest BCUT2D eigenvalue weighted by molar-refractivity contribution is 0.148. The molecule has 2 saturated carbocycles. The minimum absolute atomic E-state index is 0.0819. The van der Waals surface area contributed by atoms with E-state index in [0.29, 0.717) is 0 Å². The Bertz CT molecular complexity index is 774. The van der Waals surface area contributed by atoms with Crippen molar-refractivity contribution in [1.82, 2.24) is 0 Å². The molecule has 0 radical (unpaired) electrons. The lowest BCUT2D eigenvalue weighted by atomic mass is 9.69. The van der Waals surface area contributed by atoms with Crippen LogP contribution in [0.5, 0.6) is 0 Å². The number of hydrogen-bond acceptors (Lipinski definition) is 0. The molecule has 29 heavy (non-hydrogen) atoms. The Hall–Kier alpha value is -1.63. The van der Waals surface area contributed by atoms with Gasteiger partial charge in [0.2, 0.25) is 0 Å². The largest absolute Gasteiger partial charge is 0.206 e. The van der Waals surface area contributed by atoms with Crippen molar-refractivity contribution < 1.29 is 4.39 Å². The second-order valence-corrected chi connectivity index (χ2v) is 10.0. The summed E-state index contributed by atoms with van der Waals surface area (Å²) < 4.78 is 14.7. The number of hydrogen-bond donors (Lipinski definition) is 0. The van der Waals surface area contributed by atoms with E-state index in [-0.39, 0.29) is 5.82 Å². The first kappa shape index (κ1) is 20.6. The summed E-state index contributed by atoms with van der Waals surface area (Å²) in [6.07, 6.45) is 13.7. The van der Waals surface area contributed by atoms with Crippen LogP contribution in [-0.4, -0.2) is 0 Å². The van der Waals surface area contributed by atoms with E-state index >= 15 is 0 Å². The topological polar surface area (TPSA) is 0 Å². The summed E-state index contributed by atoms with van der Waals surface area (Å²) in [5.41, 5.74) is 4.05. The van der Waals surface area contributed by atoms with Crippen LogP contribution in [0, 0.1) is 36.4 Å². The standard InChI is InChI=1S/C28H37F/c1-20-3-12-24(13-4-20)25-16-9-22(10-17-25)7-8-23-11-18-27(28(29)19-23)26-14-5-21(2)6-15-26/h5-6,11,14-15,18-20,22,24-25H,3-4,7-10,12-13,16-17H2,1-2H3. The van der Waals surface area contributed by atoms with Gasteiger partial charge >= 0.3 is 0 Å². The fraction of sp³-hybridized carbons (Fsp3) is 0.571. The molecule has 1 heteroatoms. The summed E-state index contributed by atoms with van der Waals surface area (Å²) in [7, 11) is 0. The quantitative estimate of drug-likeness (QED) is 0.479. The third kappa shape index (κ3) is 5.30. The summed E-state index contributed by atoms with van der Waals surface area (Å²) in [5, 5.41) is 0. The predicted octanol–water partition coefficient (Wildman–Crippen LogP) is 8.37. The number of benzene rings is 2. The van der Waals surface area contributed by atoms with E-state index in [9.17, 15) is 4.39 Å². The molecule has 0 amide bonds. The van der Waals surface area contributed by atoms with Crippen LogP contribution in [-0.2, 0) is 6.42 Å². The molecule has 156 valence electrons. The normalized spacial score (nSPS) is 27.7. The fourth-order valence-electron chi connectivity index (χ4n) is 5.76. The van der Waals surface area contributed by atoms with Crippen LogP contribution in [0.15, 0.2) is 42.5 Å². The van der Waals surface area contributed by atoms with Crippen LogP contribution >= 0.6 is 0 Å². The maximum atomic E-state index is 14.7. The molecule has 0 spiro atoms. The second-order valence-electron chi connectivity index (χ2n) is 10.0. The Labute approximate surface area is 176 Å². The van der Waals surface area contributed by atoms with Crippen molar-refractivity contribution in [1.29, 1.82) is 0 Å². The van der Waals surface area contributed by atoms with Crippen LogP contribution in [0.25, 0.3) is 11.1 Å². The molecule has 0 aromatic heterocycles. The highest BCUT2D eigenvalue weighted by molar-refractivity contribution is 5.64. The Morgan fingerprint density at radius 3 is 2.03 bits per heavy atom. The van der Waals surface area contributed by atoms with Crippen molar-refractivity contribution in [3.05, 3.63) is 59.4 Å². The zero-order valence-corrected chi connectivity index (χ0v) is 18.3. The Morgan fingerprint density at radius 1 is 0.793 bits per heavy atom. The average molecular weight is 393 g/mol. The first-order valence-electron chi connectivity index (χ1n) is 11.9. The molecule has 2 aliphatic carbocycles. The summed E-state index contributed by atoms with van der Waals surface area (Å²) >= 11 is 0. The minimum Gasteiger partial charge on any atom is -0.206 e. The molecule has 0 atom stereocenters. The van der Waals surface area contributed by atoms with Gasteiger partial charge in [0.1, 0.15) is 5.82 Å². The highest BCUT2D eigenvalue weighted by atomic mass is 19.1. The summed E-state index contributed by atoms with van der Waals surface area (Å²) in [4.78, 5) is 0. The van der Waals surface area contributed by atoms with E-state index < -0.39 is 0 Å². The van der Waals surface area contributed by atoms with Crippen molar-refractivity contribution >= 4 is 0 Å². The monoisotopic (exact) mass is 392 g/mol. The maximum Gasteiger partial charge on any atom is 0.131 e. The van der Waals surface area contributed by atoms with Crippen LogP contribution in [0.4, 0.5) is 4.39 Å². The summed E-state index contributed by atoms with van der Waals surface area (Å²) in [6.45, 7) is 4.48. The highest BCUT2D eigenvalue weighted by Crippen LogP contribution is 2.42. The first-order chi connectivity index (χ1) is 14.1. The van der Waals surface area contributed by atoms with Gasteiger partial charge in [-0.25, -0.2) is 4.39 Å². The van der Waals surface area contributed by atoms with Crippen LogP contribution in [0.1, 0.15) is 75.8 Å². The van der Waals surface area contributed by atoms with Gasteiger partial charge in [-0.2, -0.15) is 0 Å². The number of halogens is 1. The molecule has 0 heterocycles. The molecule has 2 aromatic carbocycles. The van der Waals surface area contributed by atoms with Gasteiger partial charge in [-0.1, -0.05) is 74.6 Å². The molecule has 4 rings (SSSR count). The third-order valence-corrected chi connectivity index (χ3v) is 7.86. The second kappa shape index (κ2) is 9.45. The molecule has 0 saturated heterocycles. The van der Waals surface area contributed by atoms with Crippen LogP contribution in [0.3, 0.4) is 0 Å². The third-order valence-electron chi connectivity index (χ3n) is 7.86. The molecule has 2 fully saturated rings. The number of aryl methyl sites for hydroxylation is 2. The van der Waals surface area contributed by atoms with Gasteiger partial charge in [0, 0.05) is 5.56 Å². The lowest BCUT2D eigenvalue weighted by Crippen LogP contribution is -2.25. The Kier molecular flexibility index (Phi) is 6.73. The molecular weight excluding hydrogens is 355 g/mol. The molecule has 0 bridgehead atoms. The van der Waals surface area contributed by atoms with Crippen molar-refractivity contribution in [2.75, 3.05) is 0 Å².